The second-order valence-corrected chi connectivity index (χ2v) is 5.31. The Kier molecular flexibility index (Phi) is 5.94. The molecule has 0 aliphatic carbocycles. The molecule has 0 aliphatic rings. The zero-order valence-electron chi connectivity index (χ0n) is 10.7. The number of nitrogens with zero attached hydrogens (tertiary/aromatic N) is 1. The fourth-order valence-corrected chi connectivity index (χ4v) is 2.61. The molecule has 0 fully saturated rings. The Bertz CT molecular complexity index is 412. The van der Waals surface area contributed by atoms with Gasteiger partial charge in [0, 0.05) is 11.8 Å². The van der Waals surface area contributed by atoms with Gasteiger partial charge in [0.15, 0.2) is 0 Å². The van der Waals surface area contributed by atoms with Crippen LogP contribution in [0.1, 0.15) is 25.8 Å². The van der Waals surface area contributed by atoms with Crippen molar-refractivity contribution in [2.75, 3.05) is 11.2 Å². The Hall–Kier alpha value is -1.27. The molecule has 0 saturated carbocycles. The van der Waals surface area contributed by atoms with E-state index in [0.29, 0.717) is 11.6 Å². The van der Waals surface area contributed by atoms with Crippen molar-refractivity contribution < 1.29 is 4.92 Å². The Morgan fingerprint density at radius 2 is 2.28 bits per heavy atom. The fourth-order valence-electron chi connectivity index (χ4n) is 1.44. The summed E-state index contributed by atoms with van der Waals surface area (Å²) in [6.45, 7) is 4.37. The number of hydrogen-bond donors (Lipinski definition) is 2. The molecule has 5 nitrogen and oxygen atoms in total. The minimum atomic E-state index is -0.419. The number of nitro benzene ring substituents is 1. The molecule has 0 saturated heterocycles. The van der Waals surface area contributed by atoms with Crippen molar-refractivity contribution in [3.63, 3.8) is 0 Å². The van der Waals surface area contributed by atoms with Crippen LogP contribution >= 0.6 is 11.8 Å². The second kappa shape index (κ2) is 7.23. The summed E-state index contributed by atoms with van der Waals surface area (Å²) in [6.07, 6.45) is 1.16. The van der Waals surface area contributed by atoms with E-state index >= 15 is 0 Å². The van der Waals surface area contributed by atoms with Gasteiger partial charge in [-0.2, -0.15) is 11.8 Å². The van der Waals surface area contributed by atoms with E-state index in [1.165, 1.54) is 0 Å². The van der Waals surface area contributed by atoms with Gasteiger partial charge in [-0.25, -0.2) is 0 Å². The lowest BCUT2D eigenvalue weighted by atomic mass is 10.2. The first kappa shape index (κ1) is 14.8. The van der Waals surface area contributed by atoms with Crippen molar-refractivity contribution >= 4 is 23.1 Å². The number of hydrazine groups is 1. The molecule has 0 heterocycles. The zero-order chi connectivity index (χ0) is 13.5. The summed E-state index contributed by atoms with van der Waals surface area (Å²) in [5.74, 6) is 7.77. The highest BCUT2D eigenvalue weighted by atomic mass is 32.2. The van der Waals surface area contributed by atoms with Gasteiger partial charge >= 0.3 is 0 Å². The molecule has 6 heteroatoms. The Morgan fingerprint density at radius 3 is 2.83 bits per heavy atom. The molecular weight excluding hydrogens is 250 g/mol. The lowest BCUT2D eigenvalue weighted by Gasteiger charge is -2.08. The maximum absolute atomic E-state index is 10.9. The van der Waals surface area contributed by atoms with Gasteiger partial charge in [-0.3, -0.25) is 16.0 Å². The van der Waals surface area contributed by atoms with Crippen molar-refractivity contribution in [2.24, 2.45) is 11.8 Å². The summed E-state index contributed by atoms with van der Waals surface area (Å²) in [5.41, 5.74) is 3.66. The summed E-state index contributed by atoms with van der Waals surface area (Å²) in [4.78, 5) is 10.4. The van der Waals surface area contributed by atoms with Crippen molar-refractivity contribution in [3.05, 3.63) is 33.9 Å². The van der Waals surface area contributed by atoms with Crippen LogP contribution in [0.3, 0.4) is 0 Å². The maximum Gasteiger partial charge on any atom is 0.293 e. The smallest absolute Gasteiger partial charge is 0.293 e. The first-order valence-corrected chi connectivity index (χ1v) is 7.05. The molecule has 1 atom stereocenters. The van der Waals surface area contributed by atoms with Gasteiger partial charge in [0.25, 0.3) is 5.69 Å². The van der Waals surface area contributed by atoms with E-state index in [4.69, 9.17) is 5.84 Å². The molecule has 1 rings (SSSR count). The highest BCUT2D eigenvalue weighted by molar-refractivity contribution is 7.98. The summed E-state index contributed by atoms with van der Waals surface area (Å²) < 4.78 is 0. The molecule has 1 aromatic carbocycles. The molecule has 100 valence electrons. The summed E-state index contributed by atoms with van der Waals surface area (Å²) in [5, 5.41) is 10.9. The minimum absolute atomic E-state index is 0.0270. The molecule has 0 radical (unpaired) electrons. The van der Waals surface area contributed by atoms with Gasteiger partial charge in [0.2, 0.25) is 0 Å². The molecule has 0 aliphatic heterocycles. The normalized spacial score (nSPS) is 12.2. The SMILES string of the molecule is CCC(C)CSCc1ccc(NN)c([N+](=O)[O-])c1. The van der Waals surface area contributed by atoms with Gasteiger partial charge in [0.05, 0.1) is 4.92 Å². The summed E-state index contributed by atoms with van der Waals surface area (Å²) in [6, 6.07) is 5.10. The lowest BCUT2D eigenvalue weighted by Crippen LogP contribution is -2.09. The third-order valence-electron chi connectivity index (χ3n) is 2.78. The van der Waals surface area contributed by atoms with Crippen LogP contribution in [0.15, 0.2) is 18.2 Å². The predicted octanol–water partition coefficient (Wildman–Crippen LogP) is 3.16. The van der Waals surface area contributed by atoms with E-state index in [2.05, 4.69) is 19.3 Å². The van der Waals surface area contributed by atoms with Crippen LogP contribution in [0.2, 0.25) is 0 Å². The molecule has 18 heavy (non-hydrogen) atoms. The largest absolute Gasteiger partial charge is 0.318 e. The van der Waals surface area contributed by atoms with Crippen LogP contribution < -0.4 is 11.3 Å². The number of anilines is 1. The van der Waals surface area contributed by atoms with Crippen LogP contribution in [-0.2, 0) is 5.75 Å². The molecular formula is C12H19N3O2S. The van der Waals surface area contributed by atoms with Crippen molar-refractivity contribution in [2.45, 2.75) is 26.0 Å². The lowest BCUT2D eigenvalue weighted by molar-refractivity contribution is -0.384. The fraction of sp³-hybridized carbons (Fsp3) is 0.500. The van der Waals surface area contributed by atoms with Crippen molar-refractivity contribution in [1.82, 2.24) is 0 Å². The number of nitrogens with two attached hydrogens (primary N) is 1. The number of hydrogen-bond acceptors (Lipinski definition) is 5. The standard InChI is InChI=1S/C12H19N3O2S/c1-3-9(2)7-18-8-10-4-5-11(14-13)12(6-10)15(16)17/h4-6,9,14H,3,7-8,13H2,1-2H3. The predicted molar refractivity (Wildman–Crippen MR) is 76.5 cm³/mol. The van der Waals surface area contributed by atoms with E-state index in [0.717, 1.165) is 23.5 Å². The molecule has 0 amide bonds. The van der Waals surface area contributed by atoms with Crippen LogP contribution in [0, 0.1) is 16.0 Å². The van der Waals surface area contributed by atoms with E-state index in [9.17, 15) is 10.1 Å². The average Bonchev–Trinajstić information content (AvgIpc) is 2.38. The third-order valence-corrected chi connectivity index (χ3v) is 4.12. The average molecular weight is 269 g/mol. The molecule has 1 unspecified atom stereocenters. The summed E-state index contributed by atoms with van der Waals surface area (Å²) >= 11 is 1.80. The topological polar surface area (TPSA) is 81.2 Å². The van der Waals surface area contributed by atoms with Gasteiger partial charge in [-0.1, -0.05) is 26.3 Å². The quantitative estimate of drug-likeness (QED) is 0.451. The number of nitrogens with one attached hydrogen (secondary N) is 1. The molecule has 3 N–H and O–H groups in total. The van der Waals surface area contributed by atoms with Gasteiger partial charge < -0.3 is 5.43 Å². The van der Waals surface area contributed by atoms with Crippen LogP contribution in [-0.4, -0.2) is 10.7 Å². The number of benzene rings is 1. The monoisotopic (exact) mass is 269 g/mol. The van der Waals surface area contributed by atoms with Crippen LogP contribution in [0.5, 0.6) is 0 Å². The number of thioether (sulfide) groups is 1. The van der Waals surface area contributed by atoms with Gasteiger partial charge in [0.1, 0.15) is 5.69 Å². The van der Waals surface area contributed by atoms with Gasteiger partial charge in [-0.15, -0.1) is 0 Å². The van der Waals surface area contributed by atoms with Crippen LogP contribution in [0.25, 0.3) is 0 Å². The van der Waals surface area contributed by atoms with Crippen molar-refractivity contribution in [3.8, 4) is 0 Å². The van der Waals surface area contributed by atoms with E-state index in [1.54, 1.807) is 23.9 Å². The van der Waals surface area contributed by atoms with Crippen molar-refractivity contribution in [1.29, 1.82) is 0 Å². The van der Waals surface area contributed by atoms with Crippen LogP contribution in [0.4, 0.5) is 11.4 Å². The Balaban J connectivity index is 2.67. The molecule has 0 spiro atoms. The second-order valence-electron chi connectivity index (χ2n) is 4.28. The van der Waals surface area contributed by atoms with E-state index in [1.807, 2.05) is 6.07 Å². The van der Waals surface area contributed by atoms with E-state index < -0.39 is 4.92 Å². The Morgan fingerprint density at radius 1 is 1.56 bits per heavy atom. The number of nitro groups is 1. The number of rotatable bonds is 7. The summed E-state index contributed by atoms with van der Waals surface area (Å²) in [7, 11) is 0. The highest BCUT2D eigenvalue weighted by Gasteiger charge is 2.13. The molecule has 0 aromatic heterocycles. The third kappa shape index (κ3) is 4.19. The van der Waals surface area contributed by atoms with Gasteiger partial charge in [-0.05, 0) is 23.3 Å². The maximum atomic E-state index is 10.9. The first-order chi connectivity index (χ1) is 8.58. The first-order valence-electron chi connectivity index (χ1n) is 5.90. The molecule has 0 bridgehead atoms. The zero-order valence-corrected chi connectivity index (χ0v) is 11.5. The Labute approximate surface area is 111 Å². The highest BCUT2D eigenvalue weighted by Crippen LogP contribution is 2.27. The number of nitrogen functional groups attached to an aromatic ring is 1. The minimum Gasteiger partial charge on any atom is -0.318 e. The molecule has 1 aromatic rings. The van der Waals surface area contributed by atoms with E-state index in [-0.39, 0.29) is 5.69 Å².